The molecule has 0 saturated carbocycles. The number of piperazine rings is 1. The Kier molecular flexibility index (Phi) is 6.92. The number of H-pyrrole nitrogens is 1. The zero-order valence-corrected chi connectivity index (χ0v) is 10.5. The monoisotopic (exact) mass is 252 g/mol. The second-order valence-corrected chi connectivity index (χ2v) is 3.57. The Hall–Kier alpha value is -0.290. The van der Waals surface area contributed by atoms with E-state index in [1.54, 1.807) is 0 Å². The summed E-state index contributed by atoms with van der Waals surface area (Å²) in [6.07, 6.45) is 0. The maximum absolute atomic E-state index is 4.22. The normalized spacial score (nSPS) is 16.6. The maximum Gasteiger partial charge on any atom is 0.0765 e. The number of aryl methyl sites for hydroxylation is 1. The average molecular weight is 253 g/mol. The predicted octanol–water partition coefficient (Wildman–Crippen LogP) is 0.967. The van der Waals surface area contributed by atoms with E-state index in [2.05, 4.69) is 26.5 Å². The van der Waals surface area contributed by atoms with E-state index in [0.717, 1.165) is 44.1 Å². The summed E-state index contributed by atoms with van der Waals surface area (Å²) in [6, 6.07) is 2.11. The SMILES string of the molecule is Cc1cc(CN2CCNCC2)n[nH]1.Cl.Cl. The van der Waals surface area contributed by atoms with Crippen LogP contribution in [0.15, 0.2) is 6.07 Å². The minimum Gasteiger partial charge on any atom is -0.314 e. The van der Waals surface area contributed by atoms with E-state index >= 15 is 0 Å². The highest BCUT2D eigenvalue weighted by atomic mass is 35.5. The molecule has 1 aromatic heterocycles. The zero-order valence-electron chi connectivity index (χ0n) is 8.82. The van der Waals surface area contributed by atoms with Crippen LogP contribution in [0.3, 0.4) is 0 Å². The lowest BCUT2D eigenvalue weighted by Crippen LogP contribution is -2.42. The van der Waals surface area contributed by atoms with Crippen molar-refractivity contribution >= 4 is 24.8 Å². The lowest BCUT2D eigenvalue weighted by atomic mass is 10.3. The fraction of sp³-hybridized carbons (Fsp3) is 0.667. The largest absolute Gasteiger partial charge is 0.314 e. The molecule has 0 aliphatic carbocycles. The van der Waals surface area contributed by atoms with Gasteiger partial charge in [0.1, 0.15) is 0 Å². The Balaban J connectivity index is 0.000000980. The Morgan fingerprint density at radius 1 is 1.33 bits per heavy atom. The zero-order chi connectivity index (χ0) is 9.10. The van der Waals surface area contributed by atoms with E-state index in [4.69, 9.17) is 0 Å². The summed E-state index contributed by atoms with van der Waals surface area (Å²) >= 11 is 0. The van der Waals surface area contributed by atoms with Gasteiger partial charge in [-0.05, 0) is 13.0 Å². The van der Waals surface area contributed by atoms with Crippen LogP contribution in [-0.2, 0) is 6.54 Å². The maximum atomic E-state index is 4.22. The molecule has 2 N–H and O–H groups in total. The van der Waals surface area contributed by atoms with E-state index in [9.17, 15) is 0 Å². The molecule has 1 saturated heterocycles. The van der Waals surface area contributed by atoms with Gasteiger partial charge in [-0.3, -0.25) is 10.00 Å². The molecule has 1 aromatic rings. The van der Waals surface area contributed by atoms with E-state index in [1.807, 2.05) is 6.92 Å². The van der Waals surface area contributed by atoms with Crippen molar-refractivity contribution in [1.29, 1.82) is 0 Å². The van der Waals surface area contributed by atoms with Gasteiger partial charge in [0.15, 0.2) is 0 Å². The van der Waals surface area contributed by atoms with Gasteiger partial charge in [-0.15, -0.1) is 24.8 Å². The van der Waals surface area contributed by atoms with Gasteiger partial charge < -0.3 is 5.32 Å². The number of aromatic nitrogens is 2. The van der Waals surface area contributed by atoms with Crippen molar-refractivity contribution in [2.24, 2.45) is 0 Å². The number of nitrogens with one attached hydrogen (secondary N) is 2. The molecule has 0 radical (unpaired) electrons. The Morgan fingerprint density at radius 3 is 2.53 bits per heavy atom. The van der Waals surface area contributed by atoms with Crippen molar-refractivity contribution < 1.29 is 0 Å². The Bertz CT molecular complexity index is 271. The quantitative estimate of drug-likeness (QED) is 0.825. The number of nitrogens with zero attached hydrogens (tertiary/aromatic N) is 2. The van der Waals surface area contributed by atoms with Gasteiger partial charge in [0.25, 0.3) is 0 Å². The van der Waals surface area contributed by atoms with Crippen molar-refractivity contribution in [2.45, 2.75) is 13.5 Å². The highest BCUT2D eigenvalue weighted by Gasteiger charge is 2.10. The topological polar surface area (TPSA) is 44.0 Å². The summed E-state index contributed by atoms with van der Waals surface area (Å²) in [5.74, 6) is 0. The second-order valence-electron chi connectivity index (χ2n) is 3.57. The van der Waals surface area contributed by atoms with Gasteiger partial charge in [-0.25, -0.2) is 0 Å². The molecule has 15 heavy (non-hydrogen) atoms. The number of aromatic amines is 1. The smallest absolute Gasteiger partial charge is 0.0765 e. The highest BCUT2D eigenvalue weighted by molar-refractivity contribution is 5.85. The first-order valence-electron chi connectivity index (χ1n) is 4.78. The van der Waals surface area contributed by atoms with Crippen molar-refractivity contribution in [3.63, 3.8) is 0 Å². The number of rotatable bonds is 2. The summed E-state index contributed by atoms with van der Waals surface area (Å²) in [5.41, 5.74) is 2.30. The molecule has 0 unspecified atom stereocenters. The standard InChI is InChI=1S/C9H16N4.2ClH/c1-8-6-9(12-11-8)7-13-4-2-10-3-5-13;;/h6,10H,2-5,7H2,1H3,(H,11,12);2*1H. The third-order valence-electron chi connectivity index (χ3n) is 2.35. The third-order valence-corrected chi connectivity index (χ3v) is 2.35. The fourth-order valence-corrected chi connectivity index (χ4v) is 1.65. The summed E-state index contributed by atoms with van der Waals surface area (Å²) in [5, 5.41) is 10.5. The van der Waals surface area contributed by atoms with Crippen LogP contribution < -0.4 is 5.32 Å². The molecule has 88 valence electrons. The van der Waals surface area contributed by atoms with Gasteiger partial charge in [-0.1, -0.05) is 0 Å². The van der Waals surface area contributed by atoms with E-state index in [-0.39, 0.29) is 24.8 Å². The number of hydrogen-bond donors (Lipinski definition) is 2. The molecule has 1 aliphatic heterocycles. The molecule has 2 heterocycles. The van der Waals surface area contributed by atoms with Crippen molar-refractivity contribution in [1.82, 2.24) is 20.4 Å². The second kappa shape index (κ2) is 7.06. The highest BCUT2D eigenvalue weighted by Crippen LogP contribution is 2.03. The van der Waals surface area contributed by atoms with Crippen molar-refractivity contribution in [3.05, 3.63) is 17.5 Å². The summed E-state index contributed by atoms with van der Waals surface area (Å²) < 4.78 is 0. The first-order valence-corrected chi connectivity index (χ1v) is 4.78. The Morgan fingerprint density at radius 2 is 2.00 bits per heavy atom. The molecular weight excluding hydrogens is 235 g/mol. The Labute approximate surface area is 103 Å². The fourth-order valence-electron chi connectivity index (χ4n) is 1.65. The van der Waals surface area contributed by atoms with E-state index in [0.29, 0.717) is 0 Å². The lowest BCUT2D eigenvalue weighted by Gasteiger charge is -2.26. The first-order chi connectivity index (χ1) is 6.34. The molecule has 6 heteroatoms. The molecule has 2 rings (SSSR count). The van der Waals surface area contributed by atoms with Gasteiger partial charge in [0.2, 0.25) is 0 Å². The van der Waals surface area contributed by atoms with Crippen LogP contribution in [0.1, 0.15) is 11.4 Å². The molecule has 1 aliphatic rings. The first kappa shape index (κ1) is 14.7. The number of halogens is 2. The molecule has 4 nitrogen and oxygen atoms in total. The molecule has 0 spiro atoms. The summed E-state index contributed by atoms with van der Waals surface area (Å²) in [4.78, 5) is 2.42. The van der Waals surface area contributed by atoms with Crippen LogP contribution in [0.4, 0.5) is 0 Å². The van der Waals surface area contributed by atoms with Crippen LogP contribution in [0.25, 0.3) is 0 Å². The van der Waals surface area contributed by atoms with Crippen molar-refractivity contribution in [2.75, 3.05) is 26.2 Å². The van der Waals surface area contributed by atoms with Gasteiger partial charge in [0, 0.05) is 38.4 Å². The van der Waals surface area contributed by atoms with Crippen molar-refractivity contribution in [3.8, 4) is 0 Å². The lowest BCUT2D eigenvalue weighted by molar-refractivity contribution is 0.230. The minimum atomic E-state index is 0. The van der Waals surface area contributed by atoms with Gasteiger partial charge in [0.05, 0.1) is 5.69 Å². The average Bonchev–Trinajstić information content (AvgIpc) is 2.53. The van der Waals surface area contributed by atoms with Crippen LogP contribution in [-0.4, -0.2) is 41.3 Å². The molecule has 1 fully saturated rings. The predicted molar refractivity (Wildman–Crippen MR) is 66.0 cm³/mol. The molecule has 0 aromatic carbocycles. The van der Waals surface area contributed by atoms with Gasteiger partial charge >= 0.3 is 0 Å². The minimum absolute atomic E-state index is 0. The summed E-state index contributed by atoms with van der Waals surface area (Å²) in [7, 11) is 0. The summed E-state index contributed by atoms with van der Waals surface area (Å²) in [6.45, 7) is 7.48. The van der Waals surface area contributed by atoms with Crippen LogP contribution >= 0.6 is 24.8 Å². The molecule has 0 bridgehead atoms. The van der Waals surface area contributed by atoms with Crippen LogP contribution in [0.5, 0.6) is 0 Å². The molecule has 0 atom stereocenters. The van der Waals surface area contributed by atoms with Gasteiger partial charge in [-0.2, -0.15) is 5.10 Å². The van der Waals surface area contributed by atoms with Crippen LogP contribution in [0.2, 0.25) is 0 Å². The van der Waals surface area contributed by atoms with E-state index < -0.39 is 0 Å². The molecule has 0 amide bonds. The van der Waals surface area contributed by atoms with Crippen LogP contribution in [0, 0.1) is 6.92 Å². The van der Waals surface area contributed by atoms with E-state index in [1.165, 1.54) is 0 Å². The third kappa shape index (κ3) is 4.38. The molecular formula is C9H18Cl2N4. The number of hydrogen-bond acceptors (Lipinski definition) is 3.